The Morgan fingerprint density at radius 2 is 0.875 bits per heavy atom. The van der Waals surface area contributed by atoms with Gasteiger partial charge in [-0.15, -0.1) is 0 Å². The molecule has 0 fully saturated rings. The van der Waals surface area contributed by atoms with E-state index in [0.717, 1.165) is 0 Å². The Morgan fingerprint density at radius 3 is 0.875 bits per heavy atom. The average molecular weight is 175 g/mol. The summed E-state index contributed by atoms with van der Waals surface area (Å²) in [6.45, 7) is 0. The van der Waals surface area contributed by atoms with Crippen LogP contribution in [0.2, 0.25) is 0 Å². The predicted molar refractivity (Wildman–Crippen MR) is 16.7 cm³/mol. The van der Waals surface area contributed by atoms with Crippen molar-refractivity contribution in [3.63, 3.8) is 0 Å². The maximum atomic E-state index is 8.80. The van der Waals surface area contributed by atoms with E-state index in [4.69, 9.17) is 16.0 Å². The van der Waals surface area contributed by atoms with E-state index in [1.807, 2.05) is 0 Å². The molecule has 0 aliphatic rings. The predicted octanol–water partition coefficient (Wildman–Crippen LogP) is -3.83. The minimum absolute atomic E-state index is 0. The first kappa shape index (κ1) is 24.7. The van der Waals surface area contributed by atoms with Crippen molar-refractivity contribution in [1.82, 2.24) is 0 Å². The van der Waals surface area contributed by atoms with Gasteiger partial charge in [0.1, 0.15) is 0 Å². The van der Waals surface area contributed by atoms with Gasteiger partial charge < -0.3 is 16.4 Å². The Bertz CT molecular complexity index is 87.6. The monoisotopic (exact) mass is 175 g/mol. The molecule has 0 rings (SSSR count). The Kier molecular flexibility index (Phi) is 21.3. The molecule has 0 aliphatic heterocycles. The first-order valence-corrected chi connectivity index (χ1v) is 2.67. The Labute approximate surface area is 46.8 Å². The van der Waals surface area contributed by atoms with Crippen molar-refractivity contribution < 1.29 is 45.8 Å². The van der Waals surface area contributed by atoms with Crippen molar-refractivity contribution in [2.75, 3.05) is 0 Å². The van der Waals surface area contributed by atoms with E-state index in [-0.39, 0.29) is 16.4 Å². The van der Waals surface area contributed by atoms with E-state index in [9.17, 15) is 0 Å². The molecule has 8 heteroatoms. The van der Waals surface area contributed by atoms with Crippen molar-refractivity contribution >= 4 is 0 Å². The molecule has 0 unspecified atom stereocenters. The standard InChI is InChI=1S/Mn.5H2O.2O/h;5*1H2;;/q+2;;;;;;;/p-2. The van der Waals surface area contributed by atoms with E-state index in [0.29, 0.717) is 0 Å². The number of hydrogen-bond donors (Lipinski definition) is 2. The third kappa shape index (κ3) is 22100. The fourth-order valence-corrected chi connectivity index (χ4v) is 0. The van der Waals surface area contributed by atoms with Gasteiger partial charge in [0, 0.05) is 0 Å². The van der Waals surface area contributed by atoms with E-state index in [1.54, 1.807) is 0 Å². The normalized spacial score (nSPS) is 7.25. The van der Waals surface area contributed by atoms with Crippen LogP contribution in [0.4, 0.5) is 0 Å². The van der Waals surface area contributed by atoms with Crippen molar-refractivity contribution in [1.29, 1.82) is 0 Å². The number of rotatable bonds is 0. The summed E-state index contributed by atoms with van der Waals surface area (Å²) in [4.78, 5) is 0. The molecular formula is H8MnO7. The second-order valence-corrected chi connectivity index (χ2v) is 1.71. The van der Waals surface area contributed by atoms with E-state index in [1.165, 1.54) is 0 Å². The van der Waals surface area contributed by atoms with Crippen LogP contribution in [0.15, 0.2) is 0 Å². The van der Waals surface area contributed by atoms with Crippen molar-refractivity contribution in [3.05, 3.63) is 0 Å². The van der Waals surface area contributed by atoms with Gasteiger partial charge in [0.15, 0.2) is 0 Å². The van der Waals surface area contributed by atoms with Crippen LogP contribution >= 0.6 is 0 Å². The second kappa shape index (κ2) is 6.92. The van der Waals surface area contributed by atoms with Crippen LogP contribution in [0.1, 0.15) is 0 Å². The average Bonchev–Trinajstić information content (AvgIpc) is 0.722. The van der Waals surface area contributed by atoms with Gasteiger partial charge in [0.2, 0.25) is 0 Å². The van der Waals surface area contributed by atoms with Crippen LogP contribution in [-0.4, -0.2) is 24.8 Å². The summed E-state index contributed by atoms with van der Waals surface area (Å²) in [5, 5.41) is 0. The van der Waals surface area contributed by atoms with Gasteiger partial charge in [-0.25, -0.2) is 0 Å². The molecule has 0 saturated heterocycles. The molecule has 7 nitrogen and oxygen atoms in total. The Morgan fingerprint density at radius 1 is 0.875 bits per heavy atom. The van der Waals surface area contributed by atoms with Crippen molar-refractivity contribution in [2.24, 2.45) is 0 Å². The summed E-state index contributed by atoms with van der Waals surface area (Å²) in [5.74, 6) is 0. The molecule has 8 heavy (non-hydrogen) atoms. The van der Waals surface area contributed by atoms with Gasteiger partial charge in [-0.1, -0.05) is 0 Å². The Hall–Kier alpha value is -0.0805. The molecule has 0 aromatic carbocycles. The molecule has 0 spiro atoms. The first-order chi connectivity index (χ1) is 2.00. The topological polar surface area (TPSA) is 169 Å². The third-order valence-corrected chi connectivity index (χ3v) is 0. The van der Waals surface area contributed by atoms with Crippen molar-refractivity contribution in [3.8, 4) is 0 Å². The molecule has 0 radical (unpaired) electrons. The molecule has 0 aromatic heterocycles. The van der Waals surface area contributed by atoms with Gasteiger partial charge in [-0.2, -0.15) is 0 Å². The van der Waals surface area contributed by atoms with Crippen LogP contribution < -0.4 is 0 Å². The van der Waals surface area contributed by atoms with Crippen LogP contribution in [0, 0.1) is 0 Å². The summed E-state index contributed by atoms with van der Waals surface area (Å²) in [5.41, 5.74) is 0. The van der Waals surface area contributed by atoms with Crippen LogP contribution in [-0.2, 0) is 21.0 Å². The molecule has 0 saturated carbocycles. The summed E-state index contributed by atoms with van der Waals surface area (Å²) < 4.78 is 31.8. The SMILES string of the molecule is O.O.O.[O]=[Mn](=[O])([OH])[OH]. The molecule has 57 valence electrons. The van der Waals surface area contributed by atoms with Gasteiger partial charge >= 0.3 is 29.4 Å². The van der Waals surface area contributed by atoms with Crippen LogP contribution in [0.5, 0.6) is 0 Å². The van der Waals surface area contributed by atoms with Gasteiger partial charge in [0.05, 0.1) is 0 Å². The maximum absolute atomic E-state index is 8.80. The van der Waals surface area contributed by atoms with Crippen LogP contribution in [0.25, 0.3) is 0 Å². The molecule has 8 N–H and O–H groups in total. The van der Waals surface area contributed by atoms with E-state index in [2.05, 4.69) is 0 Å². The summed E-state index contributed by atoms with van der Waals surface area (Å²) >= 11 is -5.12. The zero-order valence-corrected chi connectivity index (χ0v) is 4.77. The van der Waals surface area contributed by atoms with Gasteiger partial charge in [-0.05, 0) is 0 Å². The van der Waals surface area contributed by atoms with Crippen molar-refractivity contribution in [2.45, 2.75) is 0 Å². The molecular weight excluding hydrogens is 167 g/mol. The molecule has 0 bridgehead atoms. The van der Waals surface area contributed by atoms with Gasteiger partial charge in [-0.3, -0.25) is 0 Å². The summed E-state index contributed by atoms with van der Waals surface area (Å²) in [7, 11) is 0. The van der Waals surface area contributed by atoms with Gasteiger partial charge in [0.25, 0.3) is 0 Å². The zero-order chi connectivity index (χ0) is 4.50. The molecule has 0 aromatic rings. The molecule has 0 amide bonds. The molecule has 0 heterocycles. The fourth-order valence-electron chi connectivity index (χ4n) is 0. The third-order valence-electron chi connectivity index (χ3n) is 0. The quantitative estimate of drug-likeness (QED) is 0.359. The first-order valence-electron chi connectivity index (χ1n) is 0.647. The number of hydrogen-bond acceptors (Lipinski definition) is 2. The molecule has 0 atom stereocenters. The zero-order valence-electron chi connectivity index (χ0n) is 3.59. The Balaban J connectivity index is -0.0000000267. The summed E-state index contributed by atoms with van der Waals surface area (Å²) in [6.07, 6.45) is 0. The second-order valence-electron chi connectivity index (χ2n) is 0.415. The molecule has 0 aliphatic carbocycles. The van der Waals surface area contributed by atoms with Crippen LogP contribution in [0.3, 0.4) is 0 Å². The summed E-state index contributed by atoms with van der Waals surface area (Å²) in [6, 6.07) is 0. The van der Waals surface area contributed by atoms with E-state index >= 15 is 0 Å². The minimum atomic E-state index is -5.12. The van der Waals surface area contributed by atoms with E-state index < -0.39 is 13.4 Å². The fraction of sp³-hybridized carbons (Fsp3) is 0.